The van der Waals surface area contributed by atoms with Gasteiger partial charge in [-0.3, -0.25) is 9.59 Å². The van der Waals surface area contributed by atoms with Gasteiger partial charge in [-0.1, -0.05) is 33.3 Å². The van der Waals surface area contributed by atoms with Crippen molar-refractivity contribution in [2.24, 2.45) is 4.99 Å². The number of carboxylic acid groups (broad SMARTS) is 2. The summed E-state index contributed by atoms with van der Waals surface area (Å²) in [6, 6.07) is 11.8. The Labute approximate surface area is 223 Å². The largest absolute Gasteiger partial charge is 0.481 e. The zero-order valence-corrected chi connectivity index (χ0v) is 22.5. The van der Waals surface area contributed by atoms with Gasteiger partial charge in [-0.15, -0.1) is 0 Å². The van der Waals surface area contributed by atoms with Crippen LogP contribution in [0.5, 0.6) is 0 Å². The van der Waals surface area contributed by atoms with E-state index in [1.807, 2.05) is 0 Å². The number of nitrogens with zero attached hydrogens (tertiary/aromatic N) is 2. The molecule has 2 aliphatic rings. The molecule has 1 atom stereocenters. The maximum atomic E-state index is 13.9. The average Bonchev–Trinajstić information content (AvgIpc) is 3.05. The van der Waals surface area contributed by atoms with Crippen LogP contribution in [-0.2, 0) is 9.59 Å². The van der Waals surface area contributed by atoms with Gasteiger partial charge in [-0.2, -0.15) is 0 Å². The Balaban J connectivity index is 0.000000437. The zero-order chi connectivity index (χ0) is 28.2. The monoisotopic (exact) mass is 530 g/mol. The lowest BCUT2D eigenvalue weighted by atomic mass is 9.98. The number of piperazine rings is 1. The van der Waals surface area contributed by atoms with Crippen molar-refractivity contribution >= 4 is 34.8 Å². The van der Waals surface area contributed by atoms with Gasteiger partial charge in [0, 0.05) is 50.1 Å². The van der Waals surface area contributed by atoms with Gasteiger partial charge in [0.1, 0.15) is 11.7 Å². The van der Waals surface area contributed by atoms with Crippen molar-refractivity contribution in [3.8, 4) is 0 Å². The van der Waals surface area contributed by atoms with Crippen molar-refractivity contribution in [2.75, 3.05) is 32.1 Å². The van der Waals surface area contributed by atoms with Crippen molar-refractivity contribution in [3.63, 3.8) is 0 Å². The molecule has 2 aromatic carbocycles. The molecule has 0 bridgehead atoms. The van der Waals surface area contributed by atoms with Gasteiger partial charge in [-0.05, 0) is 42.2 Å². The van der Waals surface area contributed by atoms with E-state index in [0.29, 0.717) is 17.6 Å². The number of hydrogen-bond acceptors (Lipinski definition) is 7. The lowest BCUT2D eigenvalue weighted by Crippen LogP contribution is -2.52. The van der Waals surface area contributed by atoms with Gasteiger partial charge in [0.05, 0.1) is 24.2 Å². The number of anilines is 2. The minimum absolute atomic E-state index is 0.262. The molecule has 0 saturated carbocycles. The number of aliphatic hydroxyl groups excluding tert-OH is 1. The molecule has 10 heteroatoms. The van der Waals surface area contributed by atoms with Gasteiger partial charge < -0.3 is 30.9 Å². The van der Waals surface area contributed by atoms with Crippen molar-refractivity contribution in [1.29, 1.82) is 0 Å². The second-order valence-electron chi connectivity index (χ2n) is 9.35. The Morgan fingerprint density at radius 3 is 2.34 bits per heavy atom. The van der Waals surface area contributed by atoms with Gasteiger partial charge >= 0.3 is 11.9 Å². The van der Waals surface area contributed by atoms with Crippen LogP contribution in [0.1, 0.15) is 63.5 Å². The summed E-state index contributed by atoms with van der Waals surface area (Å²) in [5.74, 6) is -1.04. The Bertz CT molecular complexity index is 1110. The fourth-order valence-corrected chi connectivity index (χ4v) is 4.25. The molecule has 0 unspecified atom stereocenters. The van der Waals surface area contributed by atoms with Crippen molar-refractivity contribution in [3.05, 3.63) is 53.3 Å². The number of aliphatic imine (C=N–C) groups is 1. The average molecular weight is 531 g/mol. The van der Waals surface area contributed by atoms with E-state index < -0.39 is 11.9 Å². The van der Waals surface area contributed by atoms with Crippen molar-refractivity contribution < 1.29 is 29.3 Å². The fourth-order valence-electron chi connectivity index (χ4n) is 4.25. The molecule has 2 aromatic rings. The molecule has 0 spiro atoms. The van der Waals surface area contributed by atoms with Crippen LogP contribution in [0.3, 0.4) is 0 Å². The second kappa shape index (κ2) is 15.0. The summed E-state index contributed by atoms with van der Waals surface area (Å²) < 4.78 is 13.9. The van der Waals surface area contributed by atoms with E-state index in [1.165, 1.54) is 17.7 Å². The van der Waals surface area contributed by atoms with Crippen LogP contribution in [-0.4, -0.2) is 70.8 Å². The van der Waals surface area contributed by atoms with E-state index >= 15 is 0 Å². The summed E-state index contributed by atoms with van der Waals surface area (Å²) >= 11 is 0. The Kier molecular flexibility index (Phi) is 12.2. The van der Waals surface area contributed by atoms with E-state index in [-0.39, 0.29) is 18.7 Å². The molecule has 0 aliphatic carbocycles. The molecular weight excluding hydrogens is 491 g/mol. The Hall–Kier alpha value is -3.50. The fraction of sp³-hybridized carbons (Fsp3) is 0.464. The van der Waals surface area contributed by atoms with Gasteiger partial charge in [-0.25, -0.2) is 9.38 Å². The first kappa shape index (κ1) is 30.7. The number of halogens is 1. The second-order valence-corrected chi connectivity index (χ2v) is 9.35. The number of carbonyl (C=O) groups is 2. The third-order valence-electron chi connectivity index (χ3n) is 6.15. The molecule has 4 rings (SSSR count). The quantitative estimate of drug-likeness (QED) is 0.363. The molecular formula is C28H39FN4O5. The number of rotatable bonds is 6. The van der Waals surface area contributed by atoms with Gasteiger partial charge in [0.2, 0.25) is 0 Å². The summed E-state index contributed by atoms with van der Waals surface area (Å²) in [5.41, 5.74) is 4.91. The third kappa shape index (κ3) is 8.81. The number of aliphatic hydroxyl groups is 1. The summed E-state index contributed by atoms with van der Waals surface area (Å²) in [7, 11) is 1.00. The summed E-state index contributed by atoms with van der Waals surface area (Å²) in [6.45, 7) is 9.38. The van der Waals surface area contributed by atoms with Crippen LogP contribution in [0.2, 0.25) is 0 Å². The van der Waals surface area contributed by atoms with Gasteiger partial charge in [0.25, 0.3) is 0 Å². The lowest BCUT2D eigenvalue weighted by molar-refractivity contribution is -0.143. The molecule has 208 valence electrons. The van der Waals surface area contributed by atoms with Gasteiger partial charge in [0.15, 0.2) is 0 Å². The SMILES string of the molecule is CCC[C@H]1CN(C2=Nc3cc(F)ccc3Nc3ccc(C(C)C)cc32)CCN1.CO.O=C(O)CCC(=O)O. The van der Waals surface area contributed by atoms with E-state index in [0.717, 1.165) is 62.4 Å². The van der Waals surface area contributed by atoms with Crippen LogP contribution >= 0.6 is 0 Å². The summed E-state index contributed by atoms with van der Waals surface area (Å²) in [6.07, 6.45) is 1.71. The molecule has 38 heavy (non-hydrogen) atoms. The standard InChI is InChI=1S/C23H29FN4.C4H6O4.CH4O/c1-4-5-18-14-28(11-10-25-18)23-19-12-16(15(2)3)6-8-20(19)26-21-9-7-17(24)13-22(21)27-23;5-3(6)1-2-4(7)8;1-2/h6-9,12-13,15,18,25-26H,4-5,10-11,14H2,1-3H3;1-2H2,(H,5,6)(H,7,8);2H,1H3/t18-;;/m0../s1. The van der Waals surface area contributed by atoms with Crippen molar-refractivity contribution in [1.82, 2.24) is 10.2 Å². The molecule has 5 N–H and O–H groups in total. The van der Waals surface area contributed by atoms with E-state index in [1.54, 1.807) is 6.07 Å². The first-order valence-electron chi connectivity index (χ1n) is 12.8. The first-order chi connectivity index (χ1) is 18.2. The molecule has 2 heterocycles. The van der Waals surface area contributed by atoms with Crippen molar-refractivity contribution in [2.45, 2.75) is 58.4 Å². The van der Waals surface area contributed by atoms with Crippen LogP contribution in [0.25, 0.3) is 0 Å². The van der Waals surface area contributed by atoms with E-state index in [9.17, 15) is 14.0 Å². The molecule has 0 aromatic heterocycles. The highest BCUT2D eigenvalue weighted by Crippen LogP contribution is 2.36. The lowest BCUT2D eigenvalue weighted by Gasteiger charge is -2.36. The van der Waals surface area contributed by atoms with Crippen LogP contribution in [0.4, 0.5) is 21.5 Å². The molecule has 0 amide bonds. The van der Waals surface area contributed by atoms with Crippen LogP contribution in [0, 0.1) is 5.82 Å². The topological polar surface area (TPSA) is 134 Å². The first-order valence-corrected chi connectivity index (χ1v) is 12.8. The highest BCUT2D eigenvalue weighted by Gasteiger charge is 2.26. The predicted molar refractivity (Wildman–Crippen MR) is 147 cm³/mol. The number of hydrogen-bond donors (Lipinski definition) is 5. The maximum Gasteiger partial charge on any atom is 0.303 e. The van der Waals surface area contributed by atoms with E-state index in [4.69, 9.17) is 20.3 Å². The normalized spacial score (nSPS) is 15.8. The number of aliphatic carboxylic acids is 2. The smallest absolute Gasteiger partial charge is 0.303 e. The predicted octanol–water partition coefficient (Wildman–Crippen LogP) is 4.70. The molecule has 2 aliphatic heterocycles. The highest BCUT2D eigenvalue weighted by atomic mass is 19.1. The number of amidine groups is 1. The van der Waals surface area contributed by atoms with Crippen LogP contribution in [0.15, 0.2) is 41.4 Å². The van der Waals surface area contributed by atoms with E-state index in [2.05, 4.69) is 54.5 Å². The zero-order valence-electron chi connectivity index (χ0n) is 22.5. The molecule has 1 fully saturated rings. The highest BCUT2D eigenvalue weighted by molar-refractivity contribution is 6.08. The molecule has 0 radical (unpaired) electrons. The minimum Gasteiger partial charge on any atom is -0.481 e. The third-order valence-corrected chi connectivity index (χ3v) is 6.15. The number of fused-ring (bicyclic) bond motifs is 2. The number of nitrogens with one attached hydrogen (secondary N) is 2. The minimum atomic E-state index is -1.08. The van der Waals surface area contributed by atoms with Crippen LogP contribution < -0.4 is 10.6 Å². The summed E-state index contributed by atoms with van der Waals surface area (Å²) in [5, 5.41) is 29.9. The number of carboxylic acids is 2. The number of benzene rings is 2. The Morgan fingerprint density at radius 2 is 1.74 bits per heavy atom. The Morgan fingerprint density at radius 1 is 1.08 bits per heavy atom. The maximum absolute atomic E-state index is 13.9. The molecule has 1 saturated heterocycles. The summed E-state index contributed by atoms with van der Waals surface area (Å²) in [4.78, 5) is 26.6. The molecule has 9 nitrogen and oxygen atoms in total.